The Bertz CT molecular complexity index is 439. The Hall–Kier alpha value is -1.03. The predicted molar refractivity (Wildman–Crippen MR) is 111 cm³/mol. The van der Waals surface area contributed by atoms with Crippen LogP contribution < -0.4 is 4.90 Å². The van der Waals surface area contributed by atoms with Crippen molar-refractivity contribution in [2.24, 2.45) is 0 Å². The first-order valence-corrected chi connectivity index (χ1v) is 10.9. The molecule has 1 rings (SSSR count). The Morgan fingerprint density at radius 3 is 2.16 bits per heavy atom. The van der Waals surface area contributed by atoms with Crippen molar-refractivity contribution in [3.63, 3.8) is 0 Å². The highest BCUT2D eigenvalue weighted by molar-refractivity contribution is 9.09. The quantitative estimate of drug-likeness (QED) is 0.202. The topological polar surface area (TPSA) is 29.5 Å². The molecule has 0 bridgehead atoms. The van der Waals surface area contributed by atoms with Crippen LogP contribution in [0.3, 0.4) is 0 Å². The monoisotopic (exact) mass is 411 g/mol. The zero-order valence-corrected chi connectivity index (χ0v) is 17.3. The number of carbonyl (C=O) groups is 1. The predicted octanol–water partition coefficient (Wildman–Crippen LogP) is 5.96. The summed E-state index contributed by atoms with van der Waals surface area (Å²) in [5.74, 6) is -0.0542. The number of hydrogen-bond donors (Lipinski definition) is 0. The molecule has 0 aliphatic carbocycles. The van der Waals surface area contributed by atoms with Crippen LogP contribution in [0, 0.1) is 0 Å². The normalized spacial score (nSPS) is 10.6. The zero-order chi connectivity index (χ0) is 18.2. The number of benzene rings is 1. The van der Waals surface area contributed by atoms with Gasteiger partial charge in [0, 0.05) is 24.0 Å². The van der Waals surface area contributed by atoms with E-state index in [2.05, 4.69) is 39.9 Å². The molecule has 0 fully saturated rings. The maximum atomic E-state index is 11.8. The maximum absolute atomic E-state index is 11.8. The standard InChI is InChI=1S/C21H34BrNO2/c1-2-23(20-14-10-9-11-15-20)18-19-25-21(24)16-12-7-5-3-4-6-8-13-17-22/h9-11,14-15H,2-8,12-13,16-19H2,1H3. The lowest BCUT2D eigenvalue weighted by atomic mass is 10.1. The molecule has 3 nitrogen and oxygen atoms in total. The van der Waals surface area contributed by atoms with Gasteiger partial charge in [0.2, 0.25) is 0 Å². The summed E-state index contributed by atoms with van der Waals surface area (Å²) in [4.78, 5) is 14.0. The minimum Gasteiger partial charge on any atom is -0.464 e. The van der Waals surface area contributed by atoms with Crippen LogP contribution in [-0.2, 0) is 9.53 Å². The van der Waals surface area contributed by atoms with Gasteiger partial charge in [-0.15, -0.1) is 0 Å². The van der Waals surface area contributed by atoms with Crippen LogP contribution in [0.2, 0.25) is 0 Å². The number of nitrogens with zero attached hydrogens (tertiary/aromatic N) is 1. The van der Waals surface area contributed by atoms with Crippen molar-refractivity contribution in [3.8, 4) is 0 Å². The van der Waals surface area contributed by atoms with Crippen molar-refractivity contribution in [3.05, 3.63) is 30.3 Å². The third-order valence-electron chi connectivity index (χ3n) is 4.39. The van der Waals surface area contributed by atoms with Crippen LogP contribution >= 0.6 is 15.9 Å². The molecule has 0 radical (unpaired) electrons. The fraction of sp³-hybridized carbons (Fsp3) is 0.667. The average molecular weight is 412 g/mol. The SMILES string of the molecule is CCN(CCOC(=O)CCCCCCCCCCBr)c1ccccc1. The number of anilines is 1. The molecular weight excluding hydrogens is 378 g/mol. The molecule has 0 aliphatic heterocycles. The Balaban J connectivity index is 2.00. The molecule has 0 N–H and O–H groups in total. The van der Waals surface area contributed by atoms with E-state index in [9.17, 15) is 4.79 Å². The third kappa shape index (κ3) is 11.2. The van der Waals surface area contributed by atoms with Crippen LogP contribution in [0.1, 0.15) is 64.7 Å². The molecule has 1 aromatic carbocycles. The van der Waals surface area contributed by atoms with E-state index in [0.717, 1.165) is 31.3 Å². The second kappa shape index (κ2) is 15.2. The number of alkyl halides is 1. The van der Waals surface area contributed by atoms with E-state index < -0.39 is 0 Å². The third-order valence-corrected chi connectivity index (χ3v) is 4.95. The lowest BCUT2D eigenvalue weighted by Crippen LogP contribution is -2.27. The first-order valence-electron chi connectivity index (χ1n) is 9.79. The number of likely N-dealkylation sites (N-methyl/N-ethyl adjacent to an activating group) is 1. The molecule has 142 valence electrons. The number of carbonyl (C=O) groups excluding carboxylic acids is 1. The van der Waals surface area contributed by atoms with Crippen molar-refractivity contribution in [2.75, 3.05) is 29.9 Å². The van der Waals surface area contributed by atoms with Gasteiger partial charge in [0.1, 0.15) is 6.61 Å². The lowest BCUT2D eigenvalue weighted by Gasteiger charge is -2.22. The summed E-state index contributed by atoms with van der Waals surface area (Å²) in [5, 5.41) is 1.12. The van der Waals surface area contributed by atoms with E-state index in [1.165, 1.54) is 44.2 Å². The molecule has 4 heteroatoms. The molecule has 0 saturated heterocycles. The molecule has 1 aromatic rings. The van der Waals surface area contributed by atoms with Crippen molar-refractivity contribution in [1.29, 1.82) is 0 Å². The van der Waals surface area contributed by atoms with E-state index >= 15 is 0 Å². The Morgan fingerprint density at radius 1 is 0.960 bits per heavy atom. The van der Waals surface area contributed by atoms with E-state index in [-0.39, 0.29) is 5.97 Å². The lowest BCUT2D eigenvalue weighted by molar-refractivity contribution is -0.143. The Morgan fingerprint density at radius 2 is 1.56 bits per heavy atom. The summed E-state index contributed by atoms with van der Waals surface area (Å²) >= 11 is 3.46. The number of halogens is 1. The highest BCUT2D eigenvalue weighted by atomic mass is 79.9. The van der Waals surface area contributed by atoms with Gasteiger partial charge in [0.15, 0.2) is 0 Å². The van der Waals surface area contributed by atoms with Gasteiger partial charge in [0.25, 0.3) is 0 Å². The van der Waals surface area contributed by atoms with Crippen LogP contribution in [-0.4, -0.2) is 31.0 Å². The smallest absolute Gasteiger partial charge is 0.305 e. The average Bonchev–Trinajstić information content (AvgIpc) is 2.64. The summed E-state index contributed by atoms with van der Waals surface area (Å²) in [5.41, 5.74) is 1.18. The van der Waals surface area contributed by atoms with Crippen molar-refractivity contribution < 1.29 is 9.53 Å². The molecular formula is C21H34BrNO2. The zero-order valence-electron chi connectivity index (χ0n) is 15.7. The van der Waals surface area contributed by atoms with Gasteiger partial charge in [-0.3, -0.25) is 4.79 Å². The summed E-state index contributed by atoms with van der Waals surface area (Å²) in [6.07, 6.45) is 10.4. The number of esters is 1. The van der Waals surface area contributed by atoms with Gasteiger partial charge in [0.05, 0.1) is 6.54 Å². The molecule has 0 unspecified atom stereocenters. The van der Waals surface area contributed by atoms with Crippen molar-refractivity contribution in [1.82, 2.24) is 0 Å². The number of unbranched alkanes of at least 4 members (excludes halogenated alkanes) is 7. The highest BCUT2D eigenvalue weighted by Crippen LogP contribution is 2.13. The second-order valence-electron chi connectivity index (χ2n) is 6.40. The summed E-state index contributed by atoms with van der Waals surface area (Å²) in [6.45, 7) is 4.25. The minimum absolute atomic E-state index is 0.0542. The maximum Gasteiger partial charge on any atom is 0.305 e. The van der Waals surface area contributed by atoms with E-state index in [1.807, 2.05) is 18.2 Å². The fourth-order valence-electron chi connectivity index (χ4n) is 2.87. The molecule has 25 heavy (non-hydrogen) atoms. The van der Waals surface area contributed by atoms with E-state index in [4.69, 9.17) is 4.74 Å². The number of para-hydroxylation sites is 1. The van der Waals surface area contributed by atoms with Crippen molar-refractivity contribution in [2.45, 2.75) is 64.7 Å². The van der Waals surface area contributed by atoms with E-state index in [0.29, 0.717) is 13.0 Å². The number of rotatable bonds is 15. The fourth-order valence-corrected chi connectivity index (χ4v) is 3.27. The Labute approximate surface area is 162 Å². The minimum atomic E-state index is -0.0542. The summed E-state index contributed by atoms with van der Waals surface area (Å²) in [7, 11) is 0. The molecule has 0 aliphatic rings. The first-order chi connectivity index (χ1) is 12.3. The van der Waals surface area contributed by atoms with Crippen LogP contribution in [0.5, 0.6) is 0 Å². The van der Waals surface area contributed by atoms with Crippen LogP contribution in [0.4, 0.5) is 5.69 Å². The van der Waals surface area contributed by atoms with Gasteiger partial charge in [-0.25, -0.2) is 0 Å². The van der Waals surface area contributed by atoms with Crippen molar-refractivity contribution >= 4 is 27.6 Å². The molecule has 0 heterocycles. The van der Waals surface area contributed by atoms with Gasteiger partial charge < -0.3 is 9.64 Å². The summed E-state index contributed by atoms with van der Waals surface area (Å²) in [6, 6.07) is 10.3. The molecule has 0 aromatic heterocycles. The highest BCUT2D eigenvalue weighted by Gasteiger charge is 2.06. The molecule has 0 saturated carbocycles. The molecule has 0 spiro atoms. The first kappa shape index (κ1) is 22.0. The van der Waals surface area contributed by atoms with Gasteiger partial charge >= 0.3 is 5.97 Å². The van der Waals surface area contributed by atoms with E-state index in [1.54, 1.807) is 0 Å². The second-order valence-corrected chi connectivity index (χ2v) is 7.20. The van der Waals surface area contributed by atoms with Gasteiger partial charge in [-0.05, 0) is 31.9 Å². The van der Waals surface area contributed by atoms with Crippen LogP contribution in [0.25, 0.3) is 0 Å². The molecule has 0 atom stereocenters. The van der Waals surface area contributed by atoms with Gasteiger partial charge in [-0.2, -0.15) is 0 Å². The number of hydrogen-bond acceptors (Lipinski definition) is 3. The van der Waals surface area contributed by atoms with Crippen LogP contribution in [0.15, 0.2) is 30.3 Å². The number of ether oxygens (including phenoxy) is 1. The summed E-state index contributed by atoms with van der Waals surface area (Å²) < 4.78 is 5.38. The largest absolute Gasteiger partial charge is 0.464 e. The Kier molecular flexibility index (Phi) is 13.4. The molecule has 0 amide bonds. The van der Waals surface area contributed by atoms with Gasteiger partial charge in [-0.1, -0.05) is 72.7 Å².